The number of ether oxygens (including phenoxy) is 1. The maximum atomic E-state index is 12.0. The zero-order valence-corrected chi connectivity index (χ0v) is 12.0. The average molecular weight is 280 g/mol. The summed E-state index contributed by atoms with van der Waals surface area (Å²) >= 11 is 1.77. The number of carbonyl (C=O) groups excluding carboxylic acids is 1. The molecule has 5 heteroatoms. The highest BCUT2D eigenvalue weighted by molar-refractivity contribution is 7.99. The first kappa shape index (κ1) is 14.2. The van der Waals surface area contributed by atoms with Crippen LogP contribution < -0.4 is 11.1 Å². The van der Waals surface area contributed by atoms with Crippen molar-refractivity contribution in [2.24, 2.45) is 5.92 Å². The van der Waals surface area contributed by atoms with Crippen LogP contribution in [0.3, 0.4) is 0 Å². The second-order valence-electron chi connectivity index (χ2n) is 4.65. The summed E-state index contributed by atoms with van der Waals surface area (Å²) in [6.45, 7) is 3.32. The topological polar surface area (TPSA) is 64.3 Å². The molecule has 1 amide bonds. The third-order valence-electron chi connectivity index (χ3n) is 3.06. The van der Waals surface area contributed by atoms with Crippen molar-refractivity contribution in [2.45, 2.75) is 24.7 Å². The molecule has 1 aliphatic rings. The van der Waals surface area contributed by atoms with Gasteiger partial charge in [0.2, 0.25) is 5.91 Å². The van der Waals surface area contributed by atoms with Gasteiger partial charge in [-0.1, -0.05) is 6.92 Å². The highest BCUT2D eigenvalue weighted by atomic mass is 32.2. The van der Waals surface area contributed by atoms with E-state index in [0.717, 1.165) is 23.5 Å². The van der Waals surface area contributed by atoms with Gasteiger partial charge in [-0.25, -0.2) is 0 Å². The van der Waals surface area contributed by atoms with E-state index < -0.39 is 0 Å². The molecular weight excluding hydrogens is 260 g/mol. The monoisotopic (exact) mass is 280 g/mol. The van der Waals surface area contributed by atoms with Crippen LogP contribution >= 0.6 is 11.8 Å². The van der Waals surface area contributed by atoms with Crippen LogP contribution in [0.4, 0.5) is 11.4 Å². The van der Waals surface area contributed by atoms with E-state index >= 15 is 0 Å². The molecule has 0 spiro atoms. The summed E-state index contributed by atoms with van der Waals surface area (Å²) in [5, 5.41) is 2.91. The summed E-state index contributed by atoms with van der Waals surface area (Å²) in [5.74, 6) is 1.02. The van der Waals surface area contributed by atoms with E-state index in [1.54, 1.807) is 11.8 Å². The predicted octanol–water partition coefficient (Wildman–Crippen LogP) is 2.75. The Morgan fingerprint density at radius 2 is 2.42 bits per heavy atom. The largest absolute Gasteiger partial charge is 0.397 e. The fourth-order valence-corrected chi connectivity index (χ4v) is 2.73. The van der Waals surface area contributed by atoms with Crippen molar-refractivity contribution in [1.82, 2.24) is 0 Å². The SMILES string of the molecule is CCCSc1ccc(N)c(NC(=O)C2CCOC2)c1. The van der Waals surface area contributed by atoms with Gasteiger partial charge >= 0.3 is 0 Å². The highest BCUT2D eigenvalue weighted by Gasteiger charge is 2.23. The molecule has 2 rings (SSSR count). The summed E-state index contributed by atoms with van der Waals surface area (Å²) in [4.78, 5) is 13.2. The minimum Gasteiger partial charge on any atom is -0.397 e. The number of thioether (sulfide) groups is 1. The van der Waals surface area contributed by atoms with Gasteiger partial charge < -0.3 is 15.8 Å². The number of amides is 1. The van der Waals surface area contributed by atoms with Crippen LogP contribution in [0.5, 0.6) is 0 Å². The van der Waals surface area contributed by atoms with Crippen LogP contribution in [0.2, 0.25) is 0 Å². The molecule has 4 nitrogen and oxygen atoms in total. The molecule has 104 valence electrons. The van der Waals surface area contributed by atoms with Crippen LogP contribution in [0.25, 0.3) is 0 Å². The van der Waals surface area contributed by atoms with E-state index in [1.165, 1.54) is 0 Å². The van der Waals surface area contributed by atoms with Gasteiger partial charge in [-0.3, -0.25) is 4.79 Å². The summed E-state index contributed by atoms with van der Waals surface area (Å²) in [5.41, 5.74) is 7.22. The Bertz CT molecular complexity index is 445. The van der Waals surface area contributed by atoms with Gasteiger partial charge in [-0.15, -0.1) is 11.8 Å². The van der Waals surface area contributed by atoms with Gasteiger partial charge in [0.15, 0.2) is 0 Å². The lowest BCUT2D eigenvalue weighted by atomic mass is 10.1. The second-order valence-corrected chi connectivity index (χ2v) is 5.82. The molecule has 1 atom stereocenters. The quantitative estimate of drug-likeness (QED) is 0.643. The van der Waals surface area contributed by atoms with Crippen molar-refractivity contribution in [3.8, 4) is 0 Å². The fourth-order valence-electron chi connectivity index (χ4n) is 1.93. The number of rotatable bonds is 5. The van der Waals surface area contributed by atoms with E-state index in [1.807, 2.05) is 18.2 Å². The van der Waals surface area contributed by atoms with Crippen LogP contribution in [-0.2, 0) is 9.53 Å². The average Bonchev–Trinajstić information content (AvgIpc) is 2.93. The van der Waals surface area contributed by atoms with Crippen molar-refractivity contribution >= 4 is 29.0 Å². The maximum Gasteiger partial charge on any atom is 0.229 e. The molecule has 0 saturated carbocycles. The predicted molar refractivity (Wildman–Crippen MR) is 79.4 cm³/mol. The van der Waals surface area contributed by atoms with Gasteiger partial charge in [0.25, 0.3) is 0 Å². The first-order valence-corrected chi connectivity index (χ1v) is 7.60. The summed E-state index contributed by atoms with van der Waals surface area (Å²) in [6.07, 6.45) is 1.91. The van der Waals surface area contributed by atoms with E-state index in [4.69, 9.17) is 10.5 Å². The van der Waals surface area contributed by atoms with Gasteiger partial charge in [-0.05, 0) is 36.8 Å². The second kappa shape index (κ2) is 6.82. The van der Waals surface area contributed by atoms with Crippen molar-refractivity contribution in [2.75, 3.05) is 30.0 Å². The Morgan fingerprint density at radius 1 is 1.58 bits per heavy atom. The zero-order valence-electron chi connectivity index (χ0n) is 11.1. The maximum absolute atomic E-state index is 12.0. The number of nitrogen functional groups attached to an aromatic ring is 1. The van der Waals surface area contributed by atoms with Crippen molar-refractivity contribution in [1.29, 1.82) is 0 Å². The number of benzene rings is 1. The molecule has 0 bridgehead atoms. The lowest BCUT2D eigenvalue weighted by molar-refractivity contribution is -0.119. The van der Waals surface area contributed by atoms with Crippen LogP contribution in [0, 0.1) is 5.92 Å². The van der Waals surface area contributed by atoms with Crippen molar-refractivity contribution in [3.05, 3.63) is 18.2 Å². The summed E-state index contributed by atoms with van der Waals surface area (Å²) in [6, 6.07) is 5.78. The first-order chi connectivity index (χ1) is 9.20. The Balaban J connectivity index is 2.03. The van der Waals surface area contributed by atoms with Crippen LogP contribution in [0.15, 0.2) is 23.1 Å². The molecule has 0 aliphatic carbocycles. The molecule has 3 N–H and O–H groups in total. The Labute approximate surface area is 118 Å². The van der Waals surface area contributed by atoms with E-state index in [0.29, 0.717) is 24.6 Å². The third kappa shape index (κ3) is 3.88. The van der Waals surface area contributed by atoms with E-state index in [2.05, 4.69) is 12.2 Å². The molecule has 0 aromatic heterocycles. The lowest BCUT2D eigenvalue weighted by Crippen LogP contribution is -2.23. The van der Waals surface area contributed by atoms with Gasteiger partial charge in [0.1, 0.15) is 0 Å². The molecule has 1 fully saturated rings. The molecule has 1 aromatic carbocycles. The standard InChI is InChI=1S/C14H20N2O2S/c1-2-7-19-11-3-4-12(15)13(8-11)16-14(17)10-5-6-18-9-10/h3-4,8,10H,2,5-7,9,15H2,1H3,(H,16,17). The van der Waals surface area contributed by atoms with Gasteiger partial charge in [0.05, 0.1) is 23.9 Å². The molecule has 1 aromatic rings. The number of hydrogen-bond acceptors (Lipinski definition) is 4. The summed E-state index contributed by atoms with van der Waals surface area (Å²) < 4.78 is 5.23. The number of carbonyl (C=O) groups is 1. The Kier molecular flexibility index (Phi) is 5.10. The number of hydrogen-bond donors (Lipinski definition) is 2. The molecule has 1 heterocycles. The van der Waals surface area contributed by atoms with Gasteiger partial charge in [0, 0.05) is 11.5 Å². The fraction of sp³-hybridized carbons (Fsp3) is 0.500. The Hall–Kier alpha value is -1.20. The molecular formula is C14H20N2O2S. The molecule has 1 unspecified atom stereocenters. The lowest BCUT2D eigenvalue weighted by Gasteiger charge is -2.12. The molecule has 0 radical (unpaired) electrons. The molecule has 19 heavy (non-hydrogen) atoms. The zero-order chi connectivity index (χ0) is 13.7. The van der Waals surface area contributed by atoms with Crippen molar-refractivity contribution in [3.63, 3.8) is 0 Å². The minimum absolute atomic E-state index is 0.00171. The normalized spacial score (nSPS) is 18.5. The Morgan fingerprint density at radius 3 is 3.11 bits per heavy atom. The third-order valence-corrected chi connectivity index (χ3v) is 4.26. The summed E-state index contributed by atoms with van der Waals surface area (Å²) in [7, 11) is 0. The number of nitrogens with two attached hydrogens (primary N) is 1. The number of anilines is 2. The minimum atomic E-state index is -0.0497. The first-order valence-electron chi connectivity index (χ1n) is 6.61. The van der Waals surface area contributed by atoms with Crippen molar-refractivity contribution < 1.29 is 9.53 Å². The van der Waals surface area contributed by atoms with Gasteiger partial charge in [-0.2, -0.15) is 0 Å². The highest BCUT2D eigenvalue weighted by Crippen LogP contribution is 2.28. The van der Waals surface area contributed by atoms with E-state index in [-0.39, 0.29) is 11.8 Å². The smallest absolute Gasteiger partial charge is 0.229 e. The molecule has 1 saturated heterocycles. The van der Waals surface area contributed by atoms with Crippen LogP contribution in [0.1, 0.15) is 19.8 Å². The van der Waals surface area contributed by atoms with E-state index in [9.17, 15) is 4.79 Å². The van der Waals surface area contributed by atoms with Crippen LogP contribution in [-0.4, -0.2) is 24.9 Å². The molecule has 1 aliphatic heterocycles. The number of nitrogens with one attached hydrogen (secondary N) is 1.